The third-order valence-electron chi connectivity index (χ3n) is 2.91. The Labute approximate surface area is 90.7 Å². The van der Waals surface area contributed by atoms with Crippen molar-refractivity contribution in [1.82, 2.24) is 5.32 Å². The predicted octanol–water partition coefficient (Wildman–Crippen LogP) is 0.848. The van der Waals surface area contributed by atoms with Crippen LogP contribution in [0.25, 0.3) is 0 Å². The first-order valence-electron chi connectivity index (χ1n) is 5.72. The second-order valence-corrected chi connectivity index (χ2v) is 4.54. The predicted molar refractivity (Wildman–Crippen MR) is 57.6 cm³/mol. The van der Waals surface area contributed by atoms with Crippen LogP contribution in [-0.4, -0.2) is 35.4 Å². The van der Waals surface area contributed by atoms with E-state index in [1.807, 2.05) is 6.92 Å². The van der Waals surface area contributed by atoms with Gasteiger partial charge in [-0.2, -0.15) is 0 Å². The van der Waals surface area contributed by atoms with E-state index in [-0.39, 0.29) is 12.6 Å². The van der Waals surface area contributed by atoms with Crippen LogP contribution in [0.3, 0.4) is 0 Å². The summed E-state index contributed by atoms with van der Waals surface area (Å²) in [5, 5.41) is 20.8. The number of aliphatic hydroxyl groups excluding tert-OH is 1. The van der Waals surface area contributed by atoms with Crippen LogP contribution in [-0.2, 0) is 4.79 Å². The maximum Gasteiger partial charge on any atom is 0.320 e. The number of carboxylic acids is 1. The molecule has 0 aromatic carbocycles. The molecule has 1 aliphatic carbocycles. The van der Waals surface area contributed by atoms with Crippen molar-refractivity contribution in [2.45, 2.75) is 38.6 Å². The molecule has 0 aromatic rings. The summed E-state index contributed by atoms with van der Waals surface area (Å²) < 4.78 is 0. The number of rotatable bonds is 8. The van der Waals surface area contributed by atoms with Crippen molar-refractivity contribution in [3.05, 3.63) is 0 Å². The maximum absolute atomic E-state index is 10.9. The van der Waals surface area contributed by atoms with Crippen LogP contribution in [0.1, 0.15) is 32.6 Å². The molecule has 2 atom stereocenters. The average molecular weight is 215 g/mol. The molecule has 0 saturated heterocycles. The lowest BCUT2D eigenvalue weighted by atomic mass is 10.1. The molecule has 15 heavy (non-hydrogen) atoms. The van der Waals surface area contributed by atoms with E-state index >= 15 is 0 Å². The van der Waals surface area contributed by atoms with Gasteiger partial charge in [0.2, 0.25) is 0 Å². The first kappa shape index (κ1) is 12.5. The second kappa shape index (κ2) is 6.08. The van der Waals surface area contributed by atoms with Crippen molar-refractivity contribution in [3.63, 3.8) is 0 Å². The van der Waals surface area contributed by atoms with Crippen LogP contribution in [0.5, 0.6) is 0 Å². The van der Waals surface area contributed by atoms with Crippen LogP contribution in [0.15, 0.2) is 0 Å². The molecule has 0 spiro atoms. The lowest BCUT2D eigenvalue weighted by Crippen LogP contribution is -2.39. The molecule has 0 radical (unpaired) electrons. The average Bonchev–Trinajstić information content (AvgIpc) is 3.00. The van der Waals surface area contributed by atoms with E-state index in [1.54, 1.807) is 0 Å². The highest BCUT2D eigenvalue weighted by Crippen LogP contribution is 2.32. The minimum absolute atomic E-state index is 0.213. The Morgan fingerprint density at radius 3 is 2.67 bits per heavy atom. The summed E-state index contributed by atoms with van der Waals surface area (Å²) in [4.78, 5) is 10.9. The van der Waals surface area contributed by atoms with Crippen LogP contribution in [0.4, 0.5) is 0 Å². The zero-order valence-electron chi connectivity index (χ0n) is 9.28. The highest BCUT2D eigenvalue weighted by atomic mass is 16.4. The first-order chi connectivity index (χ1) is 7.15. The highest BCUT2D eigenvalue weighted by molar-refractivity contribution is 5.74. The molecule has 4 nitrogen and oxygen atoms in total. The van der Waals surface area contributed by atoms with Gasteiger partial charge in [0.05, 0.1) is 0 Å². The molecule has 1 saturated carbocycles. The molecule has 3 N–H and O–H groups in total. The number of aliphatic carboxylic acids is 1. The van der Waals surface area contributed by atoms with Gasteiger partial charge in [-0.25, -0.2) is 0 Å². The Kier molecular flexibility index (Phi) is 5.05. The molecule has 1 fully saturated rings. The smallest absolute Gasteiger partial charge is 0.320 e. The second-order valence-electron chi connectivity index (χ2n) is 4.54. The van der Waals surface area contributed by atoms with Gasteiger partial charge in [-0.3, -0.25) is 4.79 Å². The molecule has 0 amide bonds. The summed E-state index contributed by atoms with van der Waals surface area (Å²) in [6.45, 7) is 2.94. The van der Waals surface area contributed by atoms with E-state index in [0.29, 0.717) is 11.8 Å². The summed E-state index contributed by atoms with van der Waals surface area (Å²) in [6, 6.07) is -0.352. The highest BCUT2D eigenvalue weighted by Gasteiger charge is 2.35. The lowest BCUT2D eigenvalue weighted by Gasteiger charge is -2.14. The lowest BCUT2D eigenvalue weighted by molar-refractivity contribution is -0.140. The number of carboxylic acid groups (broad SMARTS) is 1. The molecule has 0 bridgehead atoms. The topological polar surface area (TPSA) is 69.6 Å². The van der Waals surface area contributed by atoms with Crippen LogP contribution >= 0.6 is 0 Å². The molecular weight excluding hydrogens is 194 g/mol. The molecule has 2 unspecified atom stereocenters. The van der Waals surface area contributed by atoms with Crippen molar-refractivity contribution in [3.8, 4) is 0 Å². The normalized spacial score (nSPS) is 19.9. The number of hydrogen-bond acceptors (Lipinski definition) is 3. The Morgan fingerprint density at radius 2 is 2.20 bits per heavy atom. The third kappa shape index (κ3) is 4.62. The summed E-state index contributed by atoms with van der Waals surface area (Å²) in [6.07, 6.45) is 3.95. The fraction of sp³-hybridized carbons (Fsp3) is 0.909. The van der Waals surface area contributed by atoms with Gasteiger partial charge in [0.15, 0.2) is 0 Å². The Bertz CT molecular complexity index is 204. The van der Waals surface area contributed by atoms with Gasteiger partial charge < -0.3 is 15.5 Å². The van der Waals surface area contributed by atoms with Crippen molar-refractivity contribution in [1.29, 1.82) is 0 Å². The maximum atomic E-state index is 10.9. The fourth-order valence-electron chi connectivity index (χ4n) is 1.68. The van der Waals surface area contributed by atoms with Crippen LogP contribution in [0, 0.1) is 11.8 Å². The van der Waals surface area contributed by atoms with Crippen molar-refractivity contribution < 1.29 is 15.0 Å². The number of hydrogen-bond donors (Lipinski definition) is 3. The minimum atomic E-state index is -0.729. The standard InChI is InChI=1S/C11H21NO3/c1-8(7-13)3-2-6-12-10(11(14)15)9-4-5-9/h8-10,12-13H,2-7H2,1H3,(H,14,15). The largest absolute Gasteiger partial charge is 0.480 e. The van der Waals surface area contributed by atoms with Gasteiger partial charge in [0.1, 0.15) is 6.04 Å². The number of carbonyl (C=O) groups is 1. The number of aliphatic hydroxyl groups is 1. The molecule has 4 heteroatoms. The SMILES string of the molecule is CC(CO)CCCNC(C(=O)O)C1CC1. The molecule has 1 rings (SSSR count). The van der Waals surface area contributed by atoms with Gasteiger partial charge in [-0.1, -0.05) is 6.92 Å². The van der Waals surface area contributed by atoms with Gasteiger partial charge in [-0.15, -0.1) is 0 Å². The van der Waals surface area contributed by atoms with Gasteiger partial charge >= 0.3 is 5.97 Å². The van der Waals surface area contributed by atoms with E-state index in [4.69, 9.17) is 10.2 Å². The summed E-state index contributed by atoms with van der Waals surface area (Å²) in [7, 11) is 0. The molecule has 0 aromatic heterocycles. The third-order valence-corrected chi connectivity index (χ3v) is 2.91. The Morgan fingerprint density at radius 1 is 1.53 bits per heavy atom. The van der Waals surface area contributed by atoms with E-state index in [1.165, 1.54) is 0 Å². The zero-order valence-corrected chi connectivity index (χ0v) is 9.28. The summed E-state index contributed by atoms with van der Waals surface area (Å²) >= 11 is 0. The molecule has 88 valence electrons. The van der Waals surface area contributed by atoms with E-state index in [0.717, 1.165) is 32.2 Å². The molecule has 1 aliphatic rings. The van der Waals surface area contributed by atoms with Gasteiger partial charge in [0.25, 0.3) is 0 Å². The van der Waals surface area contributed by atoms with Crippen LogP contribution < -0.4 is 5.32 Å². The first-order valence-corrected chi connectivity index (χ1v) is 5.72. The molecular formula is C11H21NO3. The minimum Gasteiger partial charge on any atom is -0.480 e. The summed E-state index contributed by atoms with van der Waals surface area (Å²) in [5.74, 6) is -0.0681. The van der Waals surface area contributed by atoms with E-state index in [2.05, 4.69) is 5.32 Å². The van der Waals surface area contributed by atoms with Crippen molar-refractivity contribution in [2.24, 2.45) is 11.8 Å². The fourth-order valence-corrected chi connectivity index (χ4v) is 1.68. The molecule has 0 heterocycles. The monoisotopic (exact) mass is 215 g/mol. The zero-order chi connectivity index (χ0) is 11.3. The molecule has 0 aliphatic heterocycles. The van der Waals surface area contributed by atoms with Gasteiger partial charge in [0, 0.05) is 6.61 Å². The quantitative estimate of drug-likeness (QED) is 0.525. The Hall–Kier alpha value is -0.610. The Balaban J connectivity index is 2.09. The van der Waals surface area contributed by atoms with Gasteiger partial charge in [-0.05, 0) is 44.1 Å². The summed E-state index contributed by atoms with van der Waals surface area (Å²) in [5.41, 5.74) is 0. The van der Waals surface area contributed by atoms with E-state index in [9.17, 15) is 4.79 Å². The van der Waals surface area contributed by atoms with E-state index < -0.39 is 5.97 Å². The van der Waals surface area contributed by atoms with Crippen molar-refractivity contribution in [2.75, 3.05) is 13.2 Å². The van der Waals surface area contributed by atoms with Crippen LogP contribution in [0.2, 0.25) is 0 Å². The van der Waals surface area contributed by atoms with Crippen molar-refractivity contribution >= 4 is 5.97 Å². The number of nitrogens with one attached hydrogen (secondary N) is 1.